The van der Waals surface area contributed by atoms with E-state index < -0.39 is 5.54 Å². The van der Waals surface area contributed by atoms with E-state index in [1.165, 1.54) is 6.42 Å². The van der Waals surface area contributed by atoms with E-state index >= 15 is 0 Å². The third-order valence-electron chi connectivity index (χ3n) is 3.32. The van der Waals surface area contributed by atoms with Gasteiger partial charge in [-0.2, -0.15) is 0 Å². The molecule has 1 N–H and O–H groups in total. The molecule has 13 heavy (non-hydrogen) atoms. The Kier molecular flexibility index (Phi) is 2.06. The van der Waals surface area contributed by atoms with Crippen molar-refractivity contribution in [1.29, 1.82) is 0 Å². The van der Waals surface area contributed by atoms with Gasteiger partial charge in [-0.25, -0.2) is 0 Å². The zero-order valence-corrected chi connectivity index (χ0v) is 8.30. The van der Waals surface area contributed by atoms with Crippen LogP contribution in [-0.2, 0) is 9.53 Å². The Morgan fingerprint density at radius 3 is 2.85 bits per heavy atom. The van der Waals surface area contributed by atoms with E-state index in [0.717, 1.165) is 24.8 Å². The minimum Gasteiger partial charge on any atom is -0.464 e. The standard InChI is InChI=1S/C10H17NO2/c1-7-5-8(7)6-11-10(2)3-4-13-9(10)12/h7-8,11H,3-6H2,1-2H3. The summed E-state index contributed by atoms with van der Waals surface area (Å²) in [6.07, 6.45) is 2.12. The highest BCUT2D eigenvalue weighted by Gasteiger charge is 2.42. The van der Waals surface area contributed by atoms with E-state index in [1.54, 1.807) is 0 Å². The minimum atomic E-state index is -0.400. The second kappa shape index (κ2) is 2.98. The van der Waals surface area contributed by atoms with Gasteiger partial charge in [-0.05, 0) is 31.7 Å². The Morgan fingerprint density at radius 2 is 2.38 bits per heavy atom. The van der Waals surface area contributed by atoms with Crippen LogP contribution in [-0.4, -0.2) is 24.7 Å². The van der Waals surface area contributed by atoms with Crippen LogP contribution in [0.1, 0.15) is 26.7 Å². The zero-order valence-electron chi connectivity index (χ0n) is 8.30. The molecule has 0 amide bonds. The predicted molar refractivity (Wildman–Crippen MR) is 49.3 cm³/mol. The van der Waals surface area contributed by atoms with Gasteiger partial charge in [0.2, 0.25) is 0 Å². The van der Waals surface area contributed by atoms with Gasteiger partial charge in [0.1, 0.15) is 5.54 Å². The third-order valence-corrected chi connectivity index (χ3v) is 3.32. The summed E-state index contributed by atoms with van der Waals surface area (Å²) in [5, 5.41) is 3.33. The summed E-state index contributed by atoms with van der Waals surface area (Å²) in [6, 6.07) is 0. The van der Waals surface area contributed by atoms with Gasteiger partial charge in [-0.15, -0.1) is 0 Å². The highest BCUT2D eigenvalue weighted by atomic mass is 16.5. The predicted octanol–water partition coefficient (Wildman–Crippen LogP) is 0.938. The highest BCUT2D eigenvalue weighted by Crippen LogP contribution is 2.37. The van der Waals surface area contributed by atoms with Crippen LogP contribution in [0.4, 0.5) is 0 Å². The molecule has 2 aliphatic rings. The SMILES string of the molecule is CC1CC1CNC1(C)CCOC1=O. The van der Waals surface area contributed by atoms with Gasteiger partial charge in [-0.1, -0.05) is 6.92 Å². The summed E-state index contributed by atoms with van der Waals surface area (Å²) in [5.74, 6) is 1.54. The molecule has 1 heterocycles. The summed E-state index contributed by atoms with van der Waals surface area (Å²) >= 11 is 0. The molecule has 74 valence electrons. The Labute approximate surface area is 78.8 Å². The van der Waals surface area contributed by atoms with E-state index in [1.807, 2.05) is 6.92 Å². The lowest BCUT2D eigenvalue weighted by Gasteiger charge is -2.20. The largest absolute Gasteiger partial charge is 0.464 e. The van der Waals surface area contributed by atoms with Gasteiger partial charge in [0.15, 0.2) is 0 Å². The molecule has 1 saturated carbocycles. The Morgan fingerprint density at radius 1 is 1.69 bits per heavy atom. The number of hydrogen-bond donors (Lipinski definition) is 1. The van der Waals surface area contributed by atoms with E-state index in [4.69, 9.17) is 4.74 Å². The Balaban J connectivity index is 1.82. The normalized spacial score (nSPS) is 43.4. The smallest absolute Gasteiger partial charge is 0.326 e. The first-order valence-corrected chi connectivity index (χ1v) is 5.04. The molecule has 0 radical (unpaired) electrons. The van der Waals surface area contributed by atoms with E-state index in [0.29, 0.717) is 6.61 Å². The van der Waals surface area contributed by atoms with E-state index in [9.17, 15) is 4.79 Å². The first-order chi connectivity index (χ1) is 6.12. The number of hydrogen-bond acceptors (Lipinski definition) is 3. The zero-order chi connectivity index (χ0) is 9.47. The lowest BCUT2D eigenvalue weighted by atomic mass is 10.0. The molecule has 0 spiro atoms. The number of carbonyl (C=O) groups is 1. The average molecular weight is 183 g/mol. The molecule has 0 aromatic heterocycles. The van der Waals surface area contributed by atoms with Crippen molar-refractivity contribution >= 4 is 5.97 Å². The summed E-state index contributed by atoms with van der Waals surface area (Å²) < 4.78 is 4.95. The molecule has 1 aliphatic heterocycles. The average Bonchev–Trinajstić information content (AvgIpc) is 2.69. The van der Waals surface area contributed by atoms with Gasteiger partial charge in [0, 0.05) is 6.42 Å². The quantitative estimate of drug-likeness (QED) is 0.662. The Hall–Kier alpha value is -0.570. The van der Waals surface area contributed by atoms with Gasteiger partial charge < -0.3 is 10.1 Å². The maximum atomic E-state index is 11.3. The molecule has 3 atom stereocenters. The van der Waals surface area contributed by atoms with Crippen LogP contribution in [0.25, 0.3) is 0 Å². The molecule has 2 rings (SSSR count). The molecule has 1 saturated heterocycles. The fourth-order valence-electron chi connectivity index (χ4n) is 1.81. The summed E-state index contributed by atoms with van der Waals surface area (Å²) in [5.41, 5.74) is -0.400. The maximum Gasteiger partial charge on any atom is 0.326 e. The molecule has 3 nitrogen and oxygen atoms in total. The molecule has 0 aromatic carbocycles. The molecule has 0 aromatic rings. The molecule has 3 heteroatoms. The van der Waals surface area contributed by atoms with Gasteiger partial charge in [-0.3, -0.25) is 4.79 Å². The van der Waals surface area contributed by atoms with Crippen molar-refractivity contribution in [1.82, 2.24) is 5.32 Å². The number of esters is 1. The van der Waals surface area contributed by atoms with Crippen LogP contribution in [0.15, 0.2) is 0 Å². The molecule has 2 fully saturated rings. The van der Waals surface area contributed by atoms with Crippen LogP contribution in [0, 0.1) is 11.8 Å². The third kappa shape index (κ3) is 1.70. The summed E-state index contributed by atoms with van der Waals surface area (Å²) in [4.78, 5) is 11.3. The first-order valence-electron chi connectivity index (χ1n) is 5.04. The Bertz CT molecular complexity index is 229. The molecule has 3 unspecified atom stereocenters. The number of cyclic esters (lactones) is 1. The first kappa shape index (κ1) is 9.00. The molecule has 1 aliphatic carbocycles. The highest BCUT2D eigenvalue weighted by molar-refractivity contribution is 5.82. The lowest BCUT2D eigenvalue weighted by Crippen LogP contribution is -2.47. The van der Waals surface area contributed by atoms with Gasteiger partial charge >= 0.3 is 5.97 Å². The van der Waals surface area contributed by atoms with Crippen LogP contribution >= 0.6 is 0 Å². The van der Waals surface area contributed by atoms with Crippen molar-refractivity contribution in [2.45, 2.75) is 32.2 Å². The van der Waals surface area contributed by atoms with Crippen LogP contribution in [0.2, 0.25) is 0 Å². The van der Waals surface area contributed by atoms with Crippen molar-refractivity contribution < 1.29 is 9.53 Å². The lowest BCUT2D eigenvalue weighted by molar-refractivity contribution is -0.142. The van der Waals surface area contributed by atoms with Crippen LogP contribution < -0.4 is 5.32 Å². The van der Waals surface area contributed by atoms with Gasteiger partial charge in [0.25, 0.3) is 0 Å². The monoisotopic (exact) mass is 183 g/mol. The topological polar surface area (TPSA) is 38.3 Å². The van der Waals surface area contributed by atoms with Crippen molar-refractivity contribution in [3.8, 4) is 0 Å². The van der Waals surface area contributed by atoms with Crippen molar-refractivity contribution in [2.24, 2.45) is 11.8 Å². The molecule has 0 bridgehead atoms. The summed E-state index contributed by atoms with van der Waals surface area (Å²) in [6.45, 7) is 5.73. The van der Waals surface area contributed by atoms with Crippen molar-refractivity contribution in [3.05, 3.63) is 0 Å². The minimum absolute atomic E-state index is 0.0826. The fraction of sp³-hybridized carbons (Fsp3) is 0.900. The summed E-state index contributed by atoms with van der Waals surface area (Å²) in [7, 11) is 0. The molecular weight excluding hydrogens is 166 g/mol. The van der Waals surface area contributed by atoms with Crippen molar-refractivity contribution in [3.63, 3.8) is 0 Å². The number of carbonyl (C=O) groups excluding carboxylic acids is 1. The number of rotatable bonds is 3. The van der Waals surface area contributed by atoms with E-state index in [-0.39, 0.29) is 5.97 Å². The van der Waals surface area contributed by atoms with Gasteiger partial charge in [0.05, 0.1) is 6.61 Å². The fourth-order valence-corrected chi connectivity index (χ4v) is 1.81. The number of nitrogens with one attached hydrogen (secondary N) is 1. The number of ether oxygens (including phenoxy) is 1. The second-order valence-electron chi connectivity index (χ2n) is 4.57. The second-order valence-corrected chi connectivity index (χ2v) is 4.57. The van der Waals surface area contributed by atoms with Crippen LogP contribution in [0.3, 0.4) is 0 Å². The van der Waals surface area contributed by atoms with E-state index in [2.05, 4.69) is 12.2 Å². The molecular formula is C10H17NO2. The maximum absolute atomic E-state index is 11.3. The van der Waals surface area contributed by atoms with Crippen LogP contribution in [0.5, 0.6) is 0 Å². The van der Waals surface area contributed by atoms with Crippen molar-refractivity contribution in [2.75, 3.05) is 13.2 Å².